The van der Waals surface area contributed by atoms with Gasteiger partial charge in [0, 0.05) is 19.6 Å². The Morgan fingerprint density at radius 2 is 2.32 bits per heavy atom. The molecule has 2 heterocycles. The molecule has 0 aliphatic carbocycles. The summed E-state index contributed by atoms with van der Waals surface area (Å²) >= 11 is 0. The summed E-state index contributed by atoms with van der Waals surface area (Å²) in [5.41, 5.74) is 8.10. The number of nitrogens with zero attached hydrogens (tertiary/aromatic N) is 3. The van der Waals surface area contributed by atoms with Crippen LogP contribution in [-0.2, 0) is 0 Å². The van der Waals surface area contributed by atoms with Crippen LogP contribution in [0.15, 0.2) is 22.6 Å². The topological polar surface area (TPSA) is 58.5 Å². The summed E-state index contributed by atoms with van der Waals surface area (Å²) in [6, 6.07) is 6.76. The molecule has 1 saturated heterocycles. The maximum absolute atomic E-state index is 5.92. The number of para-hydroxylation sites is 1. The van der Waals surface area contributed by atoms with E-state index in [9.17, 15) is 0 Å². The Morgan fingerprint density at radius 1 is 1.47 bits per heavy atom. The number of hydrogen-bond acceptors (Lipinski definition) is 5. The molecule has 1 aliphatic heterocycles. The highest BCUT2D eigenvalue weighted by molar-refractivity contribution is 5.86. The average molecular weight is 260 g/mol. The number of hydrogen-bond donors (Lipinski definition) is 1. The van der Waals surface area contributed by atoms with Crippen molar-refractivity contribution in [2.24, 2.45) is 0 Å². The van der Waals surface area contributed by atoms with Gasteiger partial charge in [-0.25, -0.2) is 0 Å². The molecule has 1 aromatic carbocycles. The first-order valence-electron chi connectivity index (χ1n) is 6.71. The van der Waals surface area contributed by atoms with Crippen LogP contribution in [0, 0.1) is 0 Å². The predicted octanol–water partition coefficient (Wildman–Crippen LogP) is 1.94. The summed E-state index contributed by atoms with van der Waals surface area (Å²) in [4.78, 5) is 9.01. The van der Waals surface area contributed by atoms with E-state index in [1.807, 2.05) is 25.2 Å². The molecular weight excluding hydrogens is 240 g/mol. The summed E-state index contributed by atoms with van der Waals surface area (Å²) in [7, 11) is 4.20. The number of benzene rings is 1. The molecule has 1 atom stereocenters. The lowest BCUT2D eigenvalue weighted by Gasteiger charge is -2.34. The van der Waals surface area contributed by atoms with Crippen LogP contribution in [0.4, 0.5) is 11.7 Å². The van der Waals surface area contributed by atoms with E-state index in [4.69, 9.17) is 10.2 Å². The van der Waals surface area contributed by atoms with Gasteiger partial charge in [-0.3, -0.25) is 0 Å². The fraction of sp³-hybridized carbons (Fsp3) is 0.500. The lowest BCUT2D eigenvalue weighted by atomic mass is 10.1. The van der Waals surface area contributed by atoms with Gasteiger partial charge in [0.25, 0.3) is 6.01 Å². The van der Waals surface area contributed by atoms with Gasteiger partial charge in [-0.15, -0.1) is 0 Å². The lowest BCUT2D eigenvalue weighted by molar-refractivity contribution is 0.244. The first-order valence-corrected chi connectivity index (χ1v) is 6.71. The van der Waals surface area contributed by atoms with E-state index < -0.39 is 0 Å². The summed E-state index contributed by atoms with van der Waals surface area (Å²) < 4.78 is 5.82. The van der Waals surface area contributed by atoms with Crippen molar-refractivity contribution < 1.29 is 4.42 Å². The molecule has 2 aromatic rings. The van der Waals surface area contributed by atoms with Crippen LogP contribution in [0.1, 0.15) is 12.8 Å². The Labute approximate surface area is 113 Å². The first-order chi connectivity index (χ1) is 9.15. The van der Waals surface area contributed by atoms with Crippen molar-refractivity contribution >= 4 is 22.8 Å². The third-order valence-electron chi connectivity index (χ3n) is 3.89. The van der Waals surface area contributed by atoms with Crippen molar-refractivity contribution in [3.8, 4) is 0 Å². The van der Waals surface area contributed by atoms with Crippen molar-refractivity contribution in [1.29, 1.82) is 0 Å². The van der Waals surface area contributed by atoms with E-state index in [1.165, 1.54) is 19.4 Å². The Bertz CT molecular complexity index is 580. The minimum Gasteiger partial charge on any atom is -0.423 e. The molecule has 1 unspecified atom stereocenters. The van der Waals surface area contributed by atoms with Crippen molar-refractivity contribution in [3.63, 3.8) is 0 Å². The smallest absolute Gasteiger partial charge is 0.298 e. The SMILES string of the molecule is CN1CCCC(N(C)c2nc3c(N)cccc3o2)C1. The minimum absolute atomic E-state index is 0.452. The molecule has 1 aliphatic rings. The number of nitrogen functional groups attached to an aromatic ring is 1. The fourth-order valence-corrected chi connectivity index (χ4v) is 2.72. The van der Waals surface area contributed by atoms with Crippen molar-refractivity contribution in [2.75, 3.05) is 37.8 Å². The maximum atomic E-state index is 5.92. The van der Waals surface area contributed by atoms with Gasteiger partial charge >= 0.3 is 0 Å². The number of aromatic nitrogens is 1. The van der Waals surface area contributed by atoms with Crippen LogP contribution in [-0.4, -0.2) is 43.1 Å². The third kappa shape index (κ3) is 2.26. The van der Waals surface area contributed by atoms with Gasteiger partial charge in [0.15, 0.2) is 5.58 Å². The van der Waals surface area contributed by atoms with Crippen molar-refractivity contribution in [2.45, 2.75) is 18.9 Å². The van der Waals surface area contributed by atoms with Crippen LogP contribution >= 0.6 is 0 Å². The zero-order valence-electron chi connectivity index (χ0n) is 11.5. The number of fused-ring (bicyclic) bond motifs is 1. The molecule has 2 N–H and O–H groups in total. The van der Waals surface area contributed by atoms with Crippen molar-refractivity contribution in [3.05, 3.63) is 18.2 Å². The van der Waals surface area contributed by atoms with E-state index in [0.29, 0.717) is 17.7 Å². The average Bonchev–Trinajstić information content (AvgIpc) is 2.83. The van der Waals surface area contributed by atoms with Gasteiger partial charge in [0.2, 0.25) is 0 Å². The zero-order valence-corrected chi connectivity index (χ0v) is 11.5. The highest BCUT2D eigenvalue weighted by Gasteiger charge is 2.24. The molecule has 0 spiro atoms. The van der Waals surface area contributed by atoms with Crippen LogP contribution in [0.25, 0.3) is 11.1 Å². The van der Waals surface area contributed by atoms with Gasteiger partial charge in [0.05, 0.1) is 5.69 Å². The fourth-order valence-electron chi connectivity index (χ4n) is 2.72. The number of piperidine rings is 1. The van der Waals surface area contributed by atoms with E-state index in [1.54, 1.807) is 0 Å². The molecule has 0 bridgehead atoms. The van der Waals surface area contributed by atoms with E-state index in [-0.39, 0.29) is 0 Å². The van der Waals surface area contributed by atoms with E-state index >= 15 is 0 Å². The molecular formula is C14H20N4O. The maximum Gasteiger partial charge on any atom is 0.298 e. The minimum atomic E-state index is 0.452. The van der Waals surface area contributed by atoms with E-state index in [2.05, 4.69) is 21.8 Å². The molecule has 1 aromatic heterocycles. The van der Waals surface area contributed by atoms with Gasteiger partial charge in [0.1, 0.15) is 5.52 Å². The molecule has 0 saturated carbocycles. The van der Waals surface area contributed by atoms with Crippen LogP contribution in [0.2, 0.25) is 0 Å². The number of oxazole rings is 1. The quantitative estimate of drug-likeness (QED) is 0.836. The number of nitrogens with two attached hydrogens (primary N) is 1. The van der Waals surface area contributed by atoms with Gasteiger partial charge in [-0.1, -0.05) is 6.07 Å². The summed E-state index contributed by atoms with van der Waals surface area (Å²) in [5.74, 6) is 0. The predicted molar refractivity (Wildman–Crippen MR) is 77.3 cm³/mol. The molecule has 5 heteroatoms. The molecule has 1 fully saturated rings. The van der Waals surface area contributed by atoms with Gasteiger partial charge in [-0.05, 0) is 38.6 Å². The molecule has 0 amide bonds. The monoisotopic (exact) mass is 260 g/mol. The summed E-state index contributed by atoms with van der Waals surface area (Å²) in [5, 5.41) is 0. The zero-order chi connectivity index (χ0) is 13.4. The first kappa shape index (κ1) is 12.3. The van der Waals surface area contributed by atoms with Crippen LogP contribution < -0.4 is 10.6 Å². The van der Waals surface area contributed by atoms with Gasteiger partial charge in [-0.2, -0.15) is 4.98 Å². The summed E-state index contributed by atoms with van der Waals surface area (Å²) in [6.07, 6.45) is 2.39. The van der Waals surface area contributed by atoms with Crippen LogP contribution in [0.3, 0.4) is 0 Å². The molecule has 102 valence electrons. The van der Waals surface area contributed by atoms with Crippen molar-refractivity contribution in [1.82, 2.24) is 9.88 Å². The second-order valence-electron chi connectivity index (χ2n) is 5.36. The second-order valence-corrected chi connectivity index (χ2v) is 5.36. The second kappa shape index (κ2) is 4.74. The van der Waals surface area contributed by atoms with Crippen LogP contribution in [0.5, 0.6) is 0 Å². The number of rotatable bonds is 2. The molecule has 0 radical (unpaired) electrons. The molecule has 19 heavy (non-hydrogen) atoms. The van der Waals surface area contributed by atoms with E-state index in [0.717, 1.165) is 17.6 Å². The lowest BCUT2D eigenvalue weighted by Crippen LogP contribution is -2.45. The number of likely N-dealkylation sites (N-methyl/N-ethyl adjacent to an activating group) is 2. The van der Waals surface area contributed by atoms with Gasteiger partial charge < -0.3 is 20.0 Å². The number of likely N-dealkylation sites (tertiary alicyclic amines) is 1. The Balaban J connectivity index is 1.88. The molecule has 3 rings (SSSR count). The highest BCUT2D eigenvalue weighted by Crippen LogP contribution is 2.27. The Hall–Kier alpha value is -1.75. The Kier molecular flexibility index (Phi) is 3.06. The highest BCUT2D eigenvalue weighted by atomic mass is 16.4. The number of anilines is 2. The third-order valence-corrected chi connectivity index (χ3v) is 3.89. The standard InChI is InChI=1S/C14H20N4O/c1-17-8-4-5-10(9-17)18(2)14-16-13-11(15)6-3-7-12(13)19-14/h3,6-7,10H,4-5,8-9,15H2,1-2H3. The normalized spacial score (nSPS) is 20.8. The molecule has 5 nitrogen and oxygen atoms in total. The Morgan fingerprint density at radius 3 is 3.05 bits per heavy atom. The summed E-state index contributed by atoms with van der Waals surface area (Å²) in [6.45, 7) is 2.22. The largest absolute Gasteiger partial charge is 0.423 e.